The van der Waals surface area contributed by atoms with E-state index in [2.05, 4.69) is 29.1 Å². The molecule has 0 saturated heterocycles. The summed E-state index contributed by atoms with van der Waals surface area (Å²) in [5, 5.41) is 2.86. The lowest BCUT2D eigenvalue weighted by Gasteiger charge is -2.15. The van der Waals surface area contributed by atoms with Crippen molar-refractivity contribution < 1.29 is 4.79 Å². The van der Waals surface area contributed by atoms with Crippen molar-refractivity contribution in [2.24, 2.45) is 5.92 Å². The van der Waals surface area contributed by atoms with Crippen LogP contribution in [0, 0.1) is 5.92 Å². The zero-order valence-corrected chi connectivity index (χ0v) is 13.1. The number of hydrogen-bond donors (Lipinski definition) is 2. The number of carbonyl (C=O) groups is 1. The lowest BCUT2D eigenvalue weighted by molar-refractivity contribution is 0.0934. The molecule has 2 rings (SSSR count). The summed E-state index contributed by atoms with van der Waals surface area (Å²) in [6, 6.07) is 6.93. The number of H-pyrrole nitrogens is 1. The number of amides is 1. The minimum atomic E-state index is -0.386. The van der Waals surface area contributed by atoms with Crippen LogP contribution in [0.3, 0.4) is 0 Å². The number of nitrogens with zero attached hydrogens (tertiary/aromatic N) is 1. The molecule has 2 N–H and O–H groups in total. The van der Waals surface area contributed by atoms with Crippen LogP contribution in [-0.2, 0) is 0 Å². The normalized spacial score (nSPS) is 12.2. The quantitative estimate of drug-likeness (QED) is 0.891. The number of aromatic amines is 1. The molecule has 0 unspecified atom stereocenters. The van der Waals surface area contributed by atoms with Gasteiger partial charge in [-0.3, -0.25) is 14.6 Å². The van der Waals surface area contributed by atoms with E-state index in [-0.39, 0.29) is 23.1 Å². The van der Waals surface area contributed by atoms with E-state index in [0.717, 1.165) is 12.0 Å². The molecule has 0 saturated carbocycles. The lowest BCUT2D eigenvalue weighted by Crippen LogP contribution is -2.36. The molecule has 0 fully saturated rings. The van der Waals surface area contributed by atoms with Gasteiger partial charge < -0.3 is 10.3 Å². The van der Waals surface area contributed by atoms with Crippen molar-refractivity contribution in [3.8, 4) is 11.3 Å². The third-order valence-corrected chi connectivity index (χ3v) is 3.35. The molecule has 0 aliphatic carbocycles. The van der Waals surface area contributed by atoms with Crippen LogP contribution >= 0.6 is 0 Å². The minimum Gasteiger partial charge on any atom is -0.349 e. The van der Waals surface area contributed by atoms with Crippen molar-refractivity contribution in [2.45, 2.75) is 33.2 Å². The Labute approximate surface area is 129 Å². The summed E-state index contributed by atoms with van der Waals surface area (Å²) in [4.78, 5) is 31.0. The summed E-state index contributed by atoms with van der Waals surface area (Å²) in [5.74, 6) is 0.151. The largest absolute Gasteiger partial charge is 0.349 e. The number of rotatable bonds is 5. The number of hydrogen-bond acceptors (Lipinski definition) is 3. The molecule has 1 atom stereocenters. The minimum absolute atomic E-state index is 0.0341. The average molecular weight is 299 g/mol. The second kappa shape index (κ2) is 7.02. The maximum atomic E-state index is 12.2. The number of carbonyl (C=O) groups excluding carboxylic acids is 1. The Morgan fingerprint density at radius 3 is 2.45 bits per heavy atom. The summed E-state index contributed by atoms with van der Waals surface area (Å²) in [5.41, 5.74) is 1.27. The van der Waals surface area contributed by atoms with E-state index in [1.807, 2.05) is 6.92 Å². The van der Waals surface area contributed by atoms with Crippen LogP contribution in [0.15, 0.2) is 41.5 Å². The Kier molecular flexibility index (Phi) is 5.09. The maximum Gasteiger partial charge on any atom is 0.261 e. The SMILES string of the molecule is CC(C)C[C@@H](C)NC(=O)c1ccc(-c2ccncc2)[nH]c1=O. The van der Waals surface area contributed by atoms with Gasteiger partial charge in [0.25, 0.3) is 11.5 Å². The number of nitrogens with one attached hydrogen (secondary N) is 2. The van der Waals surface area contributed by atoms with E-state index in [1.54, 1.807) is 36.7 Å². The van der Waals surface area contributed by atoms with E-state index < -0.39 is 0 Å². The molecule has 0 spiro atoms. The molecular weight excluding hydrogens is 278 g/mol. The van der Waals surface area contributed by atoms with Gasteiger partial charge in [-0.05, 0) is 43.5 Å². The fourth-order valence-electron chi connectivity index (χ4n) is 2.42. The summed E-state index contributed by atoms with van der Waals surface area (Å²) in [6.07, 6.45) is 4.18. The Balaban J connectivity index is 2.16. The van der Waals surface area contributed by atoms with E-state index in [1.165, 1.54) is 0 Å². The highest BCUT2D eigenvalue weighted by Crippen LogP contribution is 2.14. The molecule has 2 aromatic heterocycles. The predicted octanol–water partition coefficient (Wildman–Crippen LogP) is 2.60. The maximum absolute atomic E-state index is 12.2. The second-order valence-corrected chi connectivity index (χ2v) is 5.85. The molecule has 0 aliphatic rings. The van der Waals surface area contributed by atoms with E-state index >= 15 is 0 Å². The van der Waals surface area contributed by atoms with Crippen molar-refractivity contribution >= 4 is 5.91 Å². The fourth-order valence-corrected chi connectivity index (χ4v) is 2.42. The summed E-state index contributed by atoms with van der Waals surface area (Å²) in [6.45, 7) is 6.13. The van der Waals surface area contributed by atoms with Crippen molar-refractivity contribution in [1.82, 2.24) is 15.3 Å². The standard InChI is InChI=1S/C17H21N3O2/c1-11(2)10-12(3)19-16(21)14-4-5-15(20-17(14)22)13-6-8-18-9-7-13/h4-9,11-12H,10H2,1-3H3,(H,19,21)(H,20,22)/t12-/m1/s1. The van der Waals surface area contributed by atoms with Crippen LogP contribution in [0.2, 0.25) is 0 Å². The Morgan fingerprint density at radius 1 is 1.18 bits per heavy atom. The third-order valence-electron chi connectivity index (χ3n) is 3.35. The van der Waals surface area contributed by atoms with Gasteiger partial charge in [0.2, 0.25) is 0 Å². The van der Waals surface area contributed by atoms with Crippen molar-refractivity contribution in [1.29, 1.82) is 0 Å². The molecule has 0 aromatic carbocycles. The monoisotopic (exact) mass is 299 g/mol. The molecular formula is C17H21N3O2. The molecule has 0 aliphatic heterocycles. The first-order valence-electron chi connectivity index (χ1n) is 7.42. The molecule has 0 bridgehead atoms. The highest BCUT2D eigenvalue weighted by atomic mass is 16.2. The first-order valence-corrected chi connectivity index (χ1v) is 7.42. The van der Waals surface area contributed by atoms with Crippen LogP contribution in [0.5, 0.6) is 0 Å². The summed E-state index contributed by atoms with van der Waals surface area (Å²) < 4.78 is 0. The smallest absolute Gasteiger partial charge is 0.261 e. The lowest BCUT2D eigenvalue weighted by atomic mass is 10.0. The zero-order chi connectivity index (χ0) is 16.1. The molecule has 5 heteroatoms. The number of aromatic nitrogens is 2. The van der Waals surface area contributed by atoms with Crippen molar-refractivity contribution in [2.75, 3.05) is 0 Å². The molecule has 22 heavy (non-hydrogen) atoms. The van der Waals surface area contributed by atoms with E-state index in [0.29, 0.717) is 11.6 Å². The van der Waals surface area contributed by atoms with Gasteiger partial charge in [0.1, 0.15) is 5.56 Å². The molecule has 2 heterocycles. The predicted molar refractivity (Wildman–Crippen MR) is 86.7 cm³/mol. The van der Waals surface area contributed by atoms with Gasteiger partial charge in [-0.25, -0.2) is 0 Å². The average Bonchev–Trinajstić information content (AvgIpc) is 2.46. The topological polar surface area (TPSA) is 74.8 Å². The molecule has 5 nitrogen and oxygen atoms in total. The van der Waals surface area contributed by atoms with Crippen molar-refractivity contribution in [3.63, 3.8) is 0 Å². The van der Waals surface area contributed by atoms with Crippen LogP contribution in [0.4, 0.5) is 0 Å². The third kappa shape index (κ3) is 4.04. The molecule has 0 radical (unpaired) electrons. The van der Waals surface area contributed by atoms with Crippen LogP contribution in [-0.4, -0.2) is 21.9 Å². The van der Waals surface area contributed by atoms with Crippen molar-refractivity contribution in [3.05, 3.63) is 52.6 Å². The number of pyridine rings is 2. The second-order valence-electron chi connectivity index (χ2n) is 5.85. The Bertz CT molecular complexity index is 693. The fraction of sp³-hybridized carbons (Fsp3) is 0.353. The van der Waals surface area contributed by atoms with Crippen LogP contribution in [0.1, 0.15) is 37.6 Å². The summed E-state index contributed by atoms with van der Waals surface area (Å²) >= 11 is 0. The first-order chi connectivity index (χ1) is 10.5. The molecule has 116 valence electrons. The van der Waals surface area contributed by atoms with Crippen LogP contribution < -0.4 is 10.9 Å². The van der Waals surface area contributed by atoms with Crippen LogP contribution in [0.25, 0.3) is 11.3 Å². The van der Waals surface area contributed by atoms with Gasteiger partial charge in [-0.1, -0.05) is 13.8 Å². The highest BCUT2D eigenvalue weighted by molar-refractivity contribution is 5.94. The van der Waals surface area contributed by atoms with Gasteiger partial charge >= 0.3 is 0 Å². The Morgan fingerprint density at radius 2 is 1.86 bits per heavy atom. The van der Waals surface area contributed by atoms with Gasteiger partial charge in [-0.2, -0.15) is 0 Å². The first kappa shape index (κ1) is 15.9. The van der Waals surface area contributed by atoms with Gasteiger partial charge in [0, 0.05) is 29.7 Å². The molecule has 1 amide bonds. The highest BCUT2D eigenvalue weighted by Gasteiger charge is 2.14. The Hall–Kier alpha value is -2.43. The molecule has 2 aromatic rings. The van der Waals surface area contributed by atoms with E-state index in [4.69, 9.17) is 0 Å². The van der Waals surface area contributed by atoms with Gasteiger partial charge in [0.15, 0.2) is 0 Å². The summed E-state index contributed by atoms with van der Waals surface area (Å²) in [7, 11) is 0. The van der Waals surface area contributed by atoms with Gasteiger partial charge in [0.05, 0.1) is 0 Å². The van der Waals surface area contributed by atoms with E-state index in [9.17, 15) is 9.59 Å². The van der Waals surface area contributed by atoms with Gasteiger partial charge in [-0.15, -0.1) is 0 Å². The zero-order valence-electron chi connectivity index (χ0n) is 13.1.